The number of piperazine rings is 1. The lowest BCUT2D eigenvalue weighted by Crippen LogP contribution is -2.48. The molecule has 0 radical (unpaired) electrons. The molecule has 0 bridgehead atoms. The second kappa shape index (κ2) is 12.6. The third kappa shape index (κ3) is 6.56. The molecule has 3 heterocycles. The molecule has 3 aromatic carbocycles. The van der Waals surface area contributed by atoms with Crippen molar-refractivity contribution in [2.24, 2.45) is 0 Å². The first-order valence-electron chi connectivity index (χ1n) is 14.1. The molecule has 210 valence electrons. The summed E-state index contributed by atoms with van der Waals surface area (Å²) in [5.41, 5.74) is 6.28. The van der Waals surface area contributed by atoms with Crippen LogP contribution in [0.1, 0.15) is 29.5 Å². The van der Waals surface area contributed by atoms with Gasteiger partial charge in [-0.25, -0.2) is 4.98 Å². The molecule has 0 atom stereocenters. The fraction of sp³-hybridized carbons (Fsp3) is 0.312. The zero-order chi connectivity index (χ0) is 28.2. The quantitative estimate of drug-likeness (QED) is 0.152. The summed E-state index contributed by atoms with van der Waals surface area (Å²) >= 11 is 7.82. The minimum atomic E-state index is 0.233. The summed E-state index contributed by atoms with van der Waals surface area (Å²) in [6.07, 6.45) is 1.31. The predicted molar refractivity (Wildman–Crippen MR) is 166 cm³/mol. The highest BCUT2D eigenvalue weighted by molar-refractivity contribution is 7.99. The predicted octanol–water partition coefficient (Wildman–Crippen LogP) is 6.21. The Bertz CT molecular complexity index is 1670. The highest BCUT2D eigenvalue weighted by Crippen LogP contribution is 2.29. The van der Waals surface area contributed by atoms with E-state index in [1.54, 1.807) is 11.8 Å². The number of hydrogen-bond donors (Lipinski definition) is 0. The number of halogens is 1. The fourth-order valence-corrected chi connectivity index (χ4v) is 6.37. The first kappa shape index (κ1) is 27.7. The third-order valence-corrected chi connectivity index (χ3v) is 8.73. The van der Waals surface area contributed by atoms with E-state index in [2.05, 4.69) is 75.1 Å². The molecule has 0 aliphatic carbocycles. The van der Waals surface area contributed by atoms with Gasteiger partial charge in [0, 0.05) is 61.9 Å². The van der Waals surface area contributed by atoms with Gasteiger partial charge in [0.1, 0.15) is 5.52 Å². The smallest absolute Gasteiger partial charge is 0.222 e. The number of benzene rings is 3. The average molecular weight is 585 g/mol. The summed E-state index contributed by atoms with van der Waals surface area (Å²) in [7, 11) is 0. The second-order valence-electron chi connectivity index (χ2n) is 10.6. The van der Waals surface area contributed by atoms with Gasteiger partial charge >= 0.3 is 0 Å². The zero-order valence-corrected chi connectivity index (χ0v) is 24.7. The van der Waals surface area contributed by atoms with Crippen LogP contribution >= 0.6 is 23.4 Å². The Hall–Kier alpha value is -3.46. The van der Waals surface area contributed by atoms with E-state index in [9.17, 15) is 4.79 Å². The van der Waals surface area contributed by atoms with Crippen LogP contribution in [-0.2, 0) is 17.9 Å². The molecule has 0 saturated carbocycles. The number of carbonyl (C=O) groups excluding carboxylic acids is 1. The molecule has 2 aromatic heterocycles. The van der Waals surface area contributed by atoms with Gasteiger partial charge in [0.25, 0.3) is 0 Å². The van der Waals surface area contributed by atoms with E-state index in [4.69, 9.17) is 16.6 Å². The monoisotopic (exact) mass is 584 g/mol. The van der Waals surface area contributed by atoms with Gasteiger partial charge in [-0.3, -0.25) is 9.69 Å². The Morgan fingerprint density at radius 3 is 2.51 bits per heavy atom. The van der Waals surface area contributed by atoms with E-state index in [1.807, 2.05) is 29.2 Å². The fourth-order valence-electron chi connectivity index (χ4n) is 5.44. The van der Waals surface area contributed by atoms with E-state index in [0.29, 0.717) is 23.1 Å². The van der Waals surface area contributed by atoms with E-state index in [0.717, 1.165) is 72.5 Å². The first-order valence-corrected chi connectivity index (χ1v) is 15.4. The molecule has 0 unspecified atom stereocenters. The number of carbonyl (C=O) groups is 1. The third-order valence-electron chi connectivity index (χ3n) is 7.57. The summed E-state index contributed by atoms with van der Waals surface area (Å²) < 4.78 is 2.19. The molecule has 41 heavy (non-hydrogen) atoms. The van der Waals surface area contributed by atoms with Crippen LogP contribution in [-0.4, -0.2) is 67.4 Å². The molecule has 1 fully saturated rings. The number of aromatic nitrogens is 4. The van der Waals surface area contributed by atoms with Gasteiger partial charge in [-0.1, -0.05) is 77.5 Å². The Morgan fingerprint density at radius 1 is 0.902 bits per heavy atom. The van der Waals surface area contributed by atoms with Crippen LogP contribution in [0.5, 0.6) is 0 Å². The van der Waals surface area contributed by atoms with Gasteiger partial charge in [-0.15, -0.1) is 10.2 Å². The van der Waals surface area contributed by atoms with Crippen molar-refractivity contribution in [3.8, 4) is 0 Å². The number of thioether (sulfide) groups is 1. The van der Waals surface area contributed by atoms with E-state index < -0.39 is 0 Å². The molecule has 0 N–H and O–H groups in total. The molecule has 1 aliphatic heterocycles. The van der Waals surface area contributed by atoms with Crippen molar-refractivity contribution in [2.45, 2.75) is 38.0 Å². The molecule has 0 spiro atoms. The average Bonchev–Trinajstić information content (AvgIpc) is 3.28. The van der Waals surface area contributed by atoms with E-state index >= 15 is 0 Å². The summed E-state index contributed by atoms with van der Waals surface area (Å²) in [4.78, 5) is 22.2. The SMILES string of the molecule is Cc1ccc2c(c1)c1nnc(SCCCC(=O)N3CCN(Cc4ccccc4)CC3)nc1n2Cc1cccc(Cl)c1. The van der Waals surface area contributed by atoms with Crippen LogP contribution < -0.4 is 0 Å². The van der Waals surface area contributed by atoms with Crippen molar-refractivity contribution in [3.63, 3.8) is 0 Å². The molecule has 1 amide bonds. The standard InChI is InChI=1S/C32H33ClN6OS/c1-23-12-13-28-27(19-23)30-31(39(28)22-25-9-5-10-26(33)20-25)34-32(36-35-30)41-18-6-11-29(40)38-16-14-37(15-17-38)21-24-7-3-2-4-8-24/h2-5,7-10,12-13,19-20H,6,11,14-18,21-22H2,1H3. The number of amides is 1. The van der Waals surface area contributed by atoms with Crippen LogP contribution in [0.3, 0.4) is 0 Å². The minimum absolute atomic E-state index is 0.233. The molecule has 1 saturated heterocycles. The molecule has 5 aromatic rings. The van der Waals surface area contributed by atoms with Crippen molar-refractivity contribution in [2.75, 3.05) is 31.9 Å². The highest BCUT2D eigenvalue weighted by Gasteiger charge is 2.21. The number of rotatable bonds is 9. The maximum Gasteiger partial charge on any atom is 0.222 e. The van der Waals surface area contributed by atoms with Crippen LogP contribution in [0.4, 0.5) is 0 Å². The molecule has 1 aliphatic rings. The number of fused-ring (bicyclic) bond motifs is 3. The molecule has 7 nitrogen and oxygen atoms in total. The minimum Gasteiger partial charge on any atom is -0.340 e. The normalized spacial score (nSPS) is 14.2. The van der Waals surface area contributed by atoms with Gasteiger partial charge in [-0.05, 0) is 48.7 Å². The van der Waals surface area contributed by atoms with Gasteiger partial charge < -0.3 is 9.47 Å². The van der Waals surface area contributed by atoms with Crippen molar-refractivity contribution in [3.05, 3.63) is 94.5 Å². The maximum absolute atomic E-state index is 12.9. The molecular formula is C32H33ClN6OS. The number of hydrogen-bond acceptors (Lipinski definition) is 6. The van der Waals surface area contributed by atoms with E-state index in [-0.39, 0.29) is 5.91 Å². The Labute approximate surface area is 249 Å². The van der Waals surface area contributed by atoms with Crippen molar-refractivity contribution >= 4 is 51.3 Å². The maximum atomic E-state index is 12.9. The van der Waals surface area contributed by atoms with Gasteiger partial charge in [0.05, 0.1) is 5.52 Å². The number of nitrogens with zero attached hydrogens (tertiary/aromatic N) is 6. The largest absolute Gasteiger partial charge is 0.340 e. The highest BCUT2D eigenvalue weighted by atomic mass is 35.5. The second-order valence-corrected chi connectivity index (χ2v) is 12.1. The lowest BCUT2D eigenvalue weighted by atomic mass is 10.1. The molecule has 6 rings (SSSR count). The Kier molecular flexibility index (Phi) is 8.51. The van der Waals surface area contributed by atoms with Gasteiger partial charge in [-0.2, -0.15) is 0 Å². The lowest BCUT2D eigenvalue weighted by Gasteiger charge is -2.34. The Morgan fingerprint density at radius 2 is 1.71 bits per heavy atom. The molecular weight excluding hydrogens is 552 g/mol. The number of aryl methyl sites for hydroxylation is 1. The summed E-state index contributed by atoms with van der Waals surface area (Å²) in [6.45, 7) is 7.07. The van der Waals surface area contributed by atoms with Crippen molar-refractivity contribution < 1.29 is 4.79 Å². The van der Waals surface area contributed by atoms with E-state index in [1.165, 1.54) is 11.1 Å². The molecule has 9 heteroatoms. The van der Waals surface area contributed by atoms with Gasteiger partial charge in [0.2, 0.25) is 11.1 Å². The Balaban J connectivity index is 1.07. The summed E-state index contributed by atoms with van der Waals surface area (Å²) in [5, 5.41) is 11.4. The van der Waals surface area contributed by atoms with Crippen LogP contribution in [0.15, 0.2) is 78.0 Å². The van der Waals surface area contributed by atoms with Crippen molar-refractivity contribution in [1.82, 2.24) is 29.5 Å². The van der Waals surface area contributed by atoms with Crippen LogP contribution in [0.25, 0.3) is 22.1 Å². The summed E-state index contributed by atoms with van der Waals surface area (Å²) in [6, 6.07) is 24.8. The zero-order valence-electron chi connectivity index (χ0n) is 23.2. The topological polar surface area (TPSA) is 67.2 Å². The van der Waals surface area contributed by atoms with Crippen molar-refractivity contribution in [1.29, 1.82) is 0 Å². The van der Waals surface area contributed by atoms with Gasteiger partial charge in [0.15, 0.2) is 5.65 Å². The lowest BCUT2D eigenvalue weighted by molar-refractivity contribution is -0.133. The first-order chi connectivity index (χ1) is 20.0. The summed E-state index contributed by atoms with van der Waals surface area (Å²) in [5.74, 6) is 0.997. The van der Waals surface area contributed by atoms with Crippen LogP contribution in [0.2, 0.25) is 5.02 Å². The van der Waals surface area contributed by atoms with Crippen LogP contribution in [0, 0.1) is 6.92 Å².